The van der Waals surface area contributed by atoms with E-state index in [1.165, 1.54) is 0 Å². The standard InChI is InChI=1S/C10H17N3O3/c14-7-3-8(11-4-7)10(16)12-5-9(15)13-6-1-2-6/h6-8,11,14H,1-5H2,(H,12,16)(H,13,15). The molecule has 0 aromatic heterocycles. The fourth-order valence-electron chi connectivity index (χ4n) is 1.71. The SMILES string of the molecule is O=C(CNC(=O)C1CC(O)CN1)NC1CC1. The Morgan fingerprint density at radius 2 is 2.12 bits per heavy atom. The summed E-state index contributed by atoms with van der Waals surface area (Å²) in [6.45, 7) is 0.454. The lowest BCUT2D eigenvalue weighted by Gasteiger charge is -2.10. The number of hydrogen-bond donors (Lipinski definition) is 4. The Morgan fingerprint density at radius 1 is 1.38 bits per heavy atom. The maximum atomic E-state index is 11.5. The maximum absolute atomic E-state index is 11.5. The summed E-state index contributed by atoms with van der Waals surface area (Å²) in [7, 11) is 0. The predicted molar refractivity (Wildman–Crippen MR) is 56.6 cm³/mol. The van der Waals surface area contributed by atoms with E-state index in [0.717, 1.165) is 12.8 Å². The highest BCUT2D eigenvalue weighted by Crippen LogP contribution is 2.18. The number of β-amino-alcohol motifs (C(OH)–C–C–N with tert-alkyl or cyclic N) is 1. The number of amides is 2. The molecule has 2 unspecified atom stereocenters. The molecule has 2 aliphatic rings. The number of nitrogens with one attached hydrogen (secondary N) is 3. The van der Waals surface area contributed by atoms with Crippen molar-refractivity contribution in [3.63, 3.8) is 0 Å². The Bertz CT molecular complexity index is 291. The van der Waals surface area contributed by atoms with Gasteiger partial charge in [0.05, 0.1) is 18.7 Å². The molecule has 2 fully saturated rings. The molecule has 1 aliphatic carbocycles. The molecule has 1 heterocycles. The van der Waals surface area contributed by atoms with E-state index in [4.69, 9.17) is 0 Å². The summed E-state index contributed by atoms with van der Waals surface area (Å²) in [6, 6.07) is -0.0560. The number of aliphatic hydroxyl groups excluding tert-OH is 1. The van der Waals surface area contributed by atoms with Gasteiger partial charge in [-0.1, -0.05) is 0 Å². The summed E-state index contributed by atoms with van der Waals surface area (Å²) in [5, 5.41) is 17.5. The molecule has 16 heavy (non-hydrogen) atoms. The van der Waals surface area contributed by atoms with Gasteiger partial charge in [-0.25, -0.2) is 0 Å². The molecule has 0 aromatic carbocycles. The second-order valence-electron chi connectivity index (χ2n) is 4.41. The quantitative estimate of drug-likeness (QED) is 0.452. The predicted octanol–water partition coefficient (Wildman–Crippen LogP) is -1.90. The van der Waals surface area contributed by atoms with E-state index in [2.05, 4.69) is 16.0 Å². The highest BCUT2D eigenvalue weighted by Gasteiger charge is 2.28. The number of rotatable bonds is 4. The monoisotopic (exact) mass is 227 g/mol. The minimum atomic E-state index is -0.462. The molecule has 0 radical (unpaired) electrons. The van der Waals surface area contributed by atoms with Crippen LogP contribution in [0.25, 0.3) is 0 Å². The van der Waals surface area contributed by atoms with E-state index in [1.54, 1.807) is 0 Å². The first-order chi connectivity index (χ1) is 7.65. The van der Waals surface area contributed by atoms with Gasteiger partial charge in [-0.15, -0.1) is 0 Å². The van der Waals surface area contributed by atoms with Crippen molar-refractivity contribution < 1.29 is 14.7 Å². The van der Waals surface area contributed by atoms with E-state index in [9.17, 15) is 14.7 Å². The normalized spacial score (nSPS) is 28.8. The van der Waals surface area contributed by atoms with Crippen molar-refractivity contribution in [1.82, 2.24) is 16.0 Å². The summed E-state index contributed by atoms with van der Waals surface area (Å²) in [5.41, 5.74) is 0. The Balaban J connectivity index is 1.64. The molecular formula is C10H17N3O3. The second-order valence-corrected chi connectivity index (χ2v) is 4.41. The molecule has 1 saturated heterocycles. The van der Waals surface area contributed by atoms with Gasteiger partial charge in [-0.3, -0.25) is 9.59 Å². The molecule has 0 bridgehead atoms. The minimum absolute atomic E-state index is 0.0175. The van der Waals surface area contributed by atoms with E-state index >= 15 is 0 Å². The van der Waals surface area contributed by atoms with Crippen molar-refractivity contribution in [2.45, 2.75) is 37.5 Å². The average molecular weight is 227 g/mol. The van der Waals surface area contributed by atoms with Crippen molar-refractivity contribution >= 4 is 11.8 Å². The number of hydrogen-bond acceptors (Lipinski definition) is 4. The Hall–Kier alpha value is -1.14. The van der Waals surface area contributed by atoms with Crippen LogP contribution >= 0.6 is 0 Å². The third-order valence-corrected chi connectivity index (χ3v) is 2.79. The van der Waals surface area contributed by atoms with Crippen LogP contribution in [0.3, 0.4) is 0 Å². The van der Waals surface area contributed by atoms with Crippen LogP contribution < -0.4 is 16.0 Å². The fourth-order valence-corrected chi connectivity index (χ4v) is 1.71. The zero-order valence-electron chi connectivity index (χ0n) is 9.03. The zero-order chi connectivity index (χ0) is 11.5. The molecule has 0 aromatic rings. The first-order valence-electron chi connectivity index (χ1n) is 5.63. The van der Waals surface area contributed by atoms with Crippen LogP contribution in [0.1, 0.15) is 19.3 Å². The highest BCUT2D eigenvalue weighted by atomic mass is 16.3. The van der Waals surface area contributed by atoms with Crippen molar-refractivity contribution in [2.75, 3.05) is 13.1 Å². The van der Waals surface area contributed by atoms with E-state index in [0.29, 0.717) is 19.0 Å². The lowest BCUT2D eigenvalue weighted by molar-refractivity contribution is -0.127. The molecule has 2 atom stereocenters. The van der Waals surface area contributed by atoms with E-state index in [1.807, 2.05) is 0 Å². The molecule has 2 amide bonds. The van der Waals surface area contributed by atoms with Gasteiger partial charge in [0, 0.05) is 12.6 Å². The number of carbonyl (C=O) groups excluding carboxylic acids is 2. The van der Waals surface area contributed by atoms with Crippen molar-refractivity contribution in [3.05, 3.63) is 0 Å². The van der Waals surface area contributed by atoms with E-state index in [-0.39, 0.29) is 24.4 Å². The van der Waals surface area contributed by atoms with Crippen LogP contribution in [0.5, 0.6) is 0 Å². The highest BCUT2D eigenvalue weighted by molar-refractivity contribution is 5.87. The van der Waals surface area contributed by atoms with Gasteiger partial charge in [0.2, 0.25) is 11.8 Å². The van der Waals surface area contributed by atoms with Crippen LogP contribution in [0.4, 0.5) is 0 Å². The van der Waals surface area contributed by atoms with Crippen LogP contribution in [0, 0.1) is 0 Å². The summed E-state index contributed by atoms with van der Waals surface area (Å²) in [4.78, 5) is 22.8. The molecule has 6 nitrogen and oxygen atoms in total. The average Bonchev–Trinajstić information content (AvgIpc) is 2.95. The molecule has 0 spiro atoms. The van der Waals surface area contributed by atoms with Gasteiger partial charge in [-0.2, -0.15) is 0 Å². The fraction of sp³-hybridized carbons (Fsp3) is 0.800. The van der Waals surface area contributed by atoms with Gasteiger partial charge >= 0.3 is 0 Å². The largest absolute Gasteiger partial charge is 0.392 e. The first-order valence-corrected chi connectivity index (χ1v) is 5.63. The topological polar surface area (TPSA) is 90.5 Å². The van der Waals surface area contributed by atoms with Gasteiger partial charge in [0.1, 0.15) is 0 Å². The lowest BCUT2D eigenvalue weighted by atomic mass is 10.2. The molecule has 4 N–H and O–H groups in total. The summed E-state index contributed by atoms with van der Waals surface area (Å²) < 4.78 is 0. The minimum Gasteiger partial charge on any atom is -0.392 e. The molecule has 1 aliphatic heterocycles. The van der Waals surface area contributed by atoms with Crippen molar-refractivity contribution in [2.24, 2.45) is 0 Å². The number of carbonyl (C=O) groups is 2. The Labute approximate surface area is 93.8 Å². The van der Waals surface area contributed by atoms with Gasteiger partial charge in [0.25, 0.3) is 0 Å². The summed E-state index contributed by atoms with van der Waals surface area (Å²) in [6.07, 6.45) is 2.03. The molecule has 2 rings (SSSR count). The Morgan fingerprint density at radius 3 is 2.69 bits per heavy atom. The summed E-state index contributed by atoms with van der Waals surface area (Å²) in [5.74, 6) is -0.364. The van der Waals surface area contributed by atoms with Gasteiger partial charge < -0.3 is 21.1 Å². The van der Waals surface area contributed by atoms with E-state index < -0.39 is 6.10 Å². The molecule has 1 saturated carbocycles. The van der Waals surface area contributed by atoms with Crippen LogP contribution in [-0.4, -0.2) is 48.2 Å². The number of aliphatic hydroxyl groups is 1. The van der Waals surface area contributed by atoms with Crippen LogP contribution in [-0.2, 0) is 9.59 Å². The van der Waals surface area contributed by atoms with Crippen LogP contribution in [0.15, 0.2) is 0 Å². The third-order valence-electron chi connectivity index (χ3n) is 2.79. The smallest absolute Gasteiger partial charge is 0.239 e. The summed E-state index contributed by atoms with van der Waals surface area (Å²) >= 11 is 0. The van der Waals surface area contributed by atoms with Gasteiger partial charge in [-0.05, 0) is 19.3 Å². The Kier molecular flexibility index (Phi) is 3.40. The van der Waals surface area contributed by atoms with Crippen LogP contribution in [0.2, 0.25) is 0 Å². The van der Waals surface area contributed by atoms with Crippen molar-refractivity contribution in [3.8, 4) is 0 Å². The van der Waals surface area contributed by atoms with Crippen molar-refractivity contribution in [1.29, 1.82) is 0 Å². The maximum Gasteiger partial charge on any atom is 0.239 e. The lowest BCUT2D eigenvalue weighted by Crippen LogP contribution is -2.45. The molecular weight excluding hydrogens is 210 g/mol. The first kappa shape index (κ1) is 11.3. The van der Waals surface area contributed by atoms with Gasteiger partial charge in [0.15, 0.2) is 0 Å². The molecule has 6 heteroatoms. The zero-order valence-corrected chi connectivity index (χ0v) is 9.03. The second kappa shape index (κ2) is 4.80. The third kappa shape index (κ3) is 3.18. The molecule has 90 valence electrons.